The lowest BCUT2D eigenvalue weighted by molar-refractivity contribution is 0.964. The second-order valence-corrected chi connectivity index (χ2v) is 4.47. The van der Waals surface area contributed by atoms with Gasteiger partial charge in [0.1, 0.15) is 0 Å². The van der Waals surface area contributed by atoms with Gasteiger partial charge in [-0.15, -0.1) is 0 Å². The van der Waals surface area contributed by atoms with Crippen LogP contribution in [0.15, 0.2) is 35.6 Å². The average molecular weight is 282 g/mol. The highest BCUT2D eigenvalue weighted by Gasteiger charge is 1.97. The van der Waals surface area contributed by atoms with Crippen LogP contribution in [0.25, 0.3) is 12.2 Å². The molecule has 0 aliphatic heterocycles. The Balaban J connectivity index is 2.26. The van der Waals surface area contributed by atoms with Gasteiger partial charge in [0.05, 0.1) is 5.69 Å². The van der Waals surface area contributed by atoms with Crippen LogP contribution in [-0.2, 0) is 12.6 Å². The Bertz CT molecular complexity index is 570. The van der Waals surface area contributed by atoms with Crippen LogP contribution >= 0.6 is 23.2 Å². The standard InChI is InChI=1S/C12H8Cl2N2S/c13-9-3-1-8(11(14)7-9)2-4-10-5-6-15-12(17)16-10/h1-7H,(H,15,16,17)/p-1. The van der Waals surface area contributed by atoms with E-state index >= 15 is 0 Å². The Kier molecular flexibility index (Phi) is 3.94. The van der Waals surface area contributed by atoms with Crippen LogP contribution in [0.3, 0.4) is 0 Å². The minimum atomic E-state index is 0.328. The lowest BCUT2D eigenvalue weighted by Crippen LogP contribution is -1.87. The van der Waals surface area contributed by atoms with Crippen LogP contribution in [0.5, 0.6) is 0 Å². The molecule has 0 aliphatic carbocycles. The summed E-state index contributed by atoms with van der Waals surface area (Å²) in [6, 6.07) is 7.10. The molecule has 1 aromatic carbocycles. The van der Waals surface area contributed by atoms with Crippen molar-refractivity contribution in [2.24, 2.45) is 0 Å². The topological polar surface area (TPSA) is 25.8 Å². The SMILES string of the molecule is [S-]c1nccc(C=Cc2ccc(Cl)cc2Cl)n1. The lowest BCUT2D eigenvalue weighted by atomic mass is 10.2. The lowest BCUT2D eigenvalue weighted by Gasteiger charge is -2.02. The zero-order valence-electron chi connectivity index (χ0n) is 8.60. The second-order valence-electron chi connectivity index (χ2n) is 3.26. The van der Waals surface area contributed by atoms with E-state index in [1.165, 1.54) is 0 Å². The molecule has 0 saturated carbocycles. The van der Waals surface area contributed by atoms with Crippen molar-refractivity contribution in [1.29, 1.82) is 0 Å². The molecular formula is C12H7Cl2N2S-. The Morgan fingerprint density at radius 1 is 1.12 bits per heavy atom. The van der Waals surface area contributed by atoms with Gasteiger partial charge in [-0.1, -0.05) is 35.3 Å². The maximum absolute atomic E-state index is 6.04. The molecule has 0 bridgehead atoms. The molecule has 0 spiro atoms. The van der Waals surface area contributed by atoms with Gasteiger partial charge in [-0.3, -0.25) is 9.97 Å². The fourth-order valence-electron chi connectivity index (χ4n) is 1.26. The highest BCUT2D eigenvalue weighted by Crippen LogP contribution is 2.22. The average Bonchev–Trinajstić information content (AvgIpc) is 2.28. The van der Waals surface area contributed by atoms with Gasteiger partial charge in [0.15, 0.2) is 0 Å². The number of benzene rings is 1. The molecule has 1 aromatic heterocycles. The van der Waals surface area contributed by atoms with Gasteiger partial charge in [-0.2, -0.15) is 0 Å². The molecule has 0 atom stereocenters. The highest BCUT2D eigenvalue weighted by atomic mass is 35.5. The van der Waals surface area contributed by atoms with Crippen LogP contribution in [0.4, 0.5) is 0 Å². The van der Waals surface area contributed by atoms with Gasteiger partial charge in [0, 0.05) is 21.4 Å². The first-order chi connectivity index (χ1) is 8.15. The van der Waals surface area contributed by atoms with E-state index in [-0.39, 0.29) is 0 Å². The third-order valence-electron chi connectivity index (χ3n) is 2.05. The summed E-state index contributed by atoms with van der Waals surface area (Å²) in [6.07, 6.45) is 5.31. The fourth-order valence-corrected chi connectivity index (χ4v) is 1.90. The molecule has 2 nitrogen and oxygen atoms in total. The first-order valence-corrected chi connectivity index (χ1v) is 5.95. The van der Waals surface area contributed by atoms with E-state index in [0.29, 0.717) is 15.2 Å². The van der Waals surface area contributed by atoms with Gasteiger partial charge in [0.25, 0.3) is 0 Å². The first kappa shape index (κ1) is 12.3. The van der Waals surface area contributed by atoms with Crippen molar-refractivity contribution in [1.82, 2.24) is 9.97 Å². The van der Waals surface area contributed by atoms with Crippen molar-refractivity contribution >= 4 is 48.0 Å². The van der Waals surface area contributed by atoms with E-state index < -0.39 is 0 Å². The summed E-state index contributed by atoms with van der Waals surface area (Å²) in [7, 11) is 0. The summed E-state index contributed by atoms with van der Waals surface area (Å²) in [5.74, 6) is 0. The number of rotatable bonds is 2. The predicted octanol–water partition coefficient (Wildman–Crippen LogP) is 3.86. The number of hydrogen-bond donors (Lipinski definition) is 0. The minimum absolute atomic E-state index is 0.328. The Morgan fingerprint density at radius 3 is 2.65 bits per heavy atom. The normalized spacial score (nSPS) is 10.9. The monoisotopic (exact) mass is 281 g/mol. The van der Waals surface area contributed by atoms with Crippen molar-refractivity contribution in [3.05, 3.63) is 51.8 Å². The third-order valence-corrected chi connectivity index (χ3v) is 2.81. The zero-order chi connectivity index (χ0) is 12.3. The zero-order valence-corrected chi connectivity index (χ0v) is 10.9. The van der Waals surface area contributed by atoms with E-state index in [0.717, 1.165) is 11.3 Å². The van der Waals surface area contributed by atoms with Crippen LogP contribution < -0.4 is 0 Å². The summed E-state index contributed by atoms with van der Waals surface area (Å²) in [5, 5.41) is 1.54. The van der Waals surface area contributed by atoms with Gasteiger partial charge in [-0.25, -0.2) is 0 Å². The fraction of sp³-hybridized carbons (Fsp3) is 0. The molecular weight excluding hydrogens is 275 g/mol. The quantitative estimate of drug-likeness (QED) is 0.618. The number of hydrogen-bond acceptors (Lipinski definition) is 3. The molecule has 0 radical (unpaired) electrons. The van der Waals surface area contributed by atoms with E-state index in [1.807, 2.05) is 18.2 Å². The number of nitrogens with zero attached hydrogens (tertiary/aromatic N) is 2. The predicted molar refractivity (Wildman–Crippen MR) is 73.1 cm³/mol. The molecule has 86 valence electrons. The van der Waals surface area contributed by atoms with Crippen molar-refractivity contribution < 1.29 is 0 Å². The molecule has 0 aliphatic rings. The van der Waals surface area contributed by atoms with Crippen LogP contribution in [0.2, 0.25) is 10.0 Å². The molecule has 0 unspecified atom stereocenters. The molecule has 2 aromatic rings. The maximum atomic E-state index is 6.04. The van der Waals surface area contributed by atoms with E-state index in [9.17, 15) is 0 Å². The smallest absolute Gasteiger partial charge is 0.0645 e. The van der Waals surface area contributed by atoms with E-state index in [4.69, 9.17) is 35.8 Å². The Labute approximate surface area is 115 Å². The van der Waals surface area contributed by atoms with Crippen LogP contribution in [0, 0.1) is 0 Å². The molecule has 0 amide bonds. The highest BCUT2D eigenvalue weighted by molar-refractivity contribution is 7.58. The van der Waals surface area contributed by atoms with Gasteiger partial charge < -0.3 is 12.6 Å². The summed E-state index contributed by atoms with van der Waals surface area (Å²) < 4.78 is 0. The number of halogens is 2. The van der Waals surface area contributed by atoms with Crippen molar-refractivity contribution in [3.8, 4) is 0 Å². The van der Waals surface area contributed by atoms with E-state index in [2.05, 4.69) is 9.97 Å². The summed E-state index contributed by atoms with van der Waals surface area (Å²) in [5.41, 5.74) is 1.62. The largest absolute Gasteiger partial charge is 0.740 e. The van der Waals surface area contributed by atoms with Crippen molar-refractivity contribution in [3.63, 3.8) is 0 Å². The minimum Gasteiger partial charge on any atom is -0.740 e. The molecule has 17 heavy (non-hydrogen) atoms. The summed E-state index contributed by atoms with van der Waals surface area (Å²) >= 11 is 16.7. The molecule has 1 heterocycles. The molecule has 0 fully saturated rings. The third kappa shape index (κ3) is 3.40. The second kappa shape index (κ2) is 5.45. The molecule has 2 rings (SSSR count). The Hall–Kier alpha value is -1.16. The number of aromatic nitrogens is 2. The van der Waals surface area contributed by atoms with Gasteiger partial charge in [-0.05, 0) is 29.8 Å². The summed E-state index contributed by atoms with van der Waals surface area (Å²) in [6.45, 7) is 0. The van der Waals surface area contributed by atoms with Gasteiger partial charge in [0.2, 0.25) is 0 Å². The Morgan fingerprint density at radius 2 is 1.94 bits per heavy atom. The molecule has 0 saturated heterocycles. The molecule has 0 N–H and O–H groups in total. The molecule has 5 heteroatoms. The summed E-state index contributed by atoms with van der Waals surface area (Å²) in [4.78, 5) is 7.93. The first-order valence-electron chi connectivity index (χ1n) is 4.78. The van der Waals surface area contributed by atoms with E-state index in [1.54, 1.807) is 24.4 Å². The van der Waals surface area contributed by atoms with Gasteiger partial charge >= 0.3 is 0 Å². The maximum Gasteiger partial charge on any atom is 0.0645 e. The van der Waals surface area contributed by atoms with Crippen molar-refractivity contribution in [2.75, 3.05) is 0 Å². The van der Waals surface area contributed by atoms with Crippen molar-refractivity contribution in [2.45, 2.75) is 5.16 Å². The van der Waals surface area contributed by atoms with Crippen LogP contribution in [-0.4, -0.2) is 9.97 Å². The van der Waals surface area contributed by atoms with Crippen LogP contribution in [0.1, 0.15) is 11.3 Å².